The summed E-state index contributed by atoms with van der Waals surface area (Å²) in [4.78, 5) is 28.8. The van der Waals surface area contributed by atoms with Crippen LogP contribution in [0.4, 0.5) is 0 Å². The second kappa shape index (κ2) is 7.60. The third-order valence-electron chi connectivity index (χ3n) is 5.01. The van der Waals surface area contributed by atoms with Crippen molar-refractivity contribution >= 4 is 11.8 Å². The Morgan fingerprint density at radius 3 is 1.89 bits per heavy atom. The van der Waals surface area contributed by atoms with E-state index in [2.05, 4.69) is 0 Å². The topological polar surface area (TPSA) is 65.8 Å². The number of carbonyl (C=O) groups excluding carboxylic acids is 2. The van der Waals surface area contributed by atoms with Crippen molar-refractivity contribution in [1.82, 2.24) is 14.4 Å². The van der Waals surface area contributed by atoms with Crippen LogP contribution in [0.15, 0.2) is 73.1 Å². The minimum atomic E-state index is -0.207. The first-order valence-corrected chi connectivity index (χ1v) is 9.23. The standard InChI is InChI=1S/C22H21N3O3/c26-20-6-2-1-5-19(20)22(28)25-15-13-24(14-16-25)21(27)17-7-9-18(10-8-17)23-11-3-4-12-23/h1-12,26H,13-16H2. The second-order valence-corrected chi connectivity index (χ2v) is 6.74. The molecule has 4 rings (SSSR count). The van der Waals surface area contributed by atoms with Gasteiger partial charge in [0.1, 0.15) is 5.75 Å². The fraction of sp³-hybridized carbons (Fsp3) is 0.182. The Kier molecular flexibility index (Phi) is 4.85. The summed E-state index contributed by atoms with van der Waals surface area (Å²) in [5, 5.41) is 9.88. The molecule has 2 aromatic carbocycles. The lowest BCUT2D eigenvalue weighted by atomic mass is 10.1. The quantitative estimate of drug-likeness (QED) is 0.766. The molecule has 0 bridgehead atoms. The van der Waals surface area contributed by atoms with Crippen LogP contribution in [0.1, 0.15) is 20.7 Å². The molecule has 3 aromatic rings. The summed E-state index contributed by atoms with van der Waals surface area (Å²) < 4.78 is 1.98. The molecular weight excluding hydrogens is 354 g/mol. The van der Waals surface area contributed by atoms with E-state index < -0.39 is 0 Å². The molecular formula is C22H21N3O3. The molecule has 1 aliphatic rings. The average Bonchev–Trinajstić information content (AvgIpc) is 3.28. The highest BCUT2D eigenvalue weighted by atomic mass is 16.3. The first kappa shape index (κ1) is 17.9. The Labute approximate surface area is 163 Å². The predicted octanol–water partition coefficient (Wildman–Crippen LogP) is 2.78. The van der Waals surface area contributed by atoms with E-state index in [1.165, 1.54) is 6.07 Å². The SMILES string of the molecule is O=C(c1ccc(-n2cccc2)cc1)N1CCN(C(=O)c2ccccc2O)CC1. The average molecular weight is 375 g/mol. The number of piperazine rings is 1. The van der Waals surface area contributed by atoms with Crippen LogP contribution in [-0.2, 0) is 0 Å². The Hall–Kier alpha value is -3.54. The van der Waals surface area contributed by atoms with Gasteiger partial charge in [-0.05, 0) is 48.5 Å². The minimum Gasteiger partial charge on any atom is -0.507 e. The number of phenols is 1. The van der Waals surface area contributed by atoms with Crippen LogP contribution in [-0.4, -0.2) is 57.5 Å². The summed E-state index contributed by atoms with van der Waals surface area (Å²) in [7, 11) is 0. The number of hydrogen-bond donors (Lipinski definition) is 1. The molecule has 6 heteroatoms. The van der Waals surface area contributed by atoms with E-state index in [-0.39, 0.29) is 17.6 Å². The summed E-state index contributed by atoms with van der Waals surface area (Å²) in [6, 6.07) is 17.9. The predicted molar refractivity (Wildman–Crippen MR) is 106 cm³/mol. The van der Waals surface area contributed by atoms with Crippen LogP contribution in [0, 0.1) is 0 Å². The molecule has 0 spiro atoms. The maximum absolute atomic E-state index is 12.8. The summed E-state index contributed by atoms with van der Waals surface area (Å²) in [5.74, 6) is -0.260. The summed E-state index contributed by atoms with van der Waals surface area (Å²) in [6.07, 6.45) is 3.91. The van der Waals surface area contributed by atoms with Gasteiger partial charge in [-0.25, -0.2) is 0 Å². The van der Waals surface area contributed by atoms with Crippen molar-refractivity contribution in [1.29, 1.82) is 0 Å². The zero-order chi connectivity index (χ0) is 19.5. The summed E-state index contributed by atoms with van der Waals surface area (Å²) in [5.41, 5.74) is 1.93. The first-order chi connectivity index (χ1) is 13.6. The van der Waals surface area contributed by atoms with Gasteiger partial charge >= 0.3 is 0 Å². The maximum atomic E-state index is 12.8. The Balaban J connectivity index is 1.39. The number of carbonyl (C=O) groups is 2. The van der Waals surface area contributed by atoms with E-state index in [0.29, 0.717) is 37.3 Å². The van der Waals surface area contributed by atoms with E-state index in [4.69, 9.17) is 0 Å². The number of aromatic hydroxyl groups is 1. The molecule has 0 unspecified atom stereocenters. The summed E-state index contributed by atoms with van der Waals surface area (Å²) >= 11 is 0. The third kappa shape index (κ3) is 3.49. The van der Waals surface area contributed by atoms with Crippen molar-refractivity contribution in [3.05, 3.63) is 84.2 Å². The van der Waals surface area contributed by atoms with Gasteiger partial charge in [-0.2, -0.15) is 0 Å². The molecule has 1 N–H and O–H groups in total. The van der Waals surface area contributed by atoms with Crippen LogP contribution >= 0.6 is 0 Å². The van der Waals surface area contributed by atoms with E-state index in [1.54, 1.807) is 28.0 Å². The monoisotopic (exact) mass is 375 g/mol. The van der Waals surface area contributed by atoms with Gasteiger partial charge in [-0.15, -0.1) is 0 Å². The number of benzene rings is 2. The molecule has 6 nitrogen and oxygen atoms in total. The highest BCUT2D eigenvalue weighted by molar-refractivity contribution is 5.97. The van der Waals surface area contributed by atoms with Crippen molar-refractivity contribution in [2.75, 3.05) is 26.2 Å². The van der Waals surface area contributed by atoms with Gasteiger partial charge in [0.2, 0.25) is 0 Å². The van der Waals surface area contributed by atoms with Crippen LogP contribution < -0.4 is 0 Å². The lowest BCUT2D eigenvalue weighted by Gasteiger charge is -2.35. The fourth-order valence-electron chi connectivity index (χ4n) is 3.40. The van der Waals surface area contributed by atoms with Gasteiger partial charge in [-0.1, -0.05) is 12.1 Å². The molecule has 1 aromatic heterocycles. The molecule has 2 amide bonds. The van der Waals surface area contributed by atoms with Crippen LogP contribution in [0.25, 0.3) is 5.69 Å². The minimum absolute atomic E-state index is 0.0196. The summed E-state index contributed by atoms with van der Waals surface area (Å²) in [6.45, 7) is 1.83. The Bertz CT molecular complexity index is 973. The Morgan fingerprint density at radius 1 is 0.714 bits per heavy atom. The fourth-order valence-corrected chi connectivity index (χ4v) is 3.40. The zero-order valence-electron chi connectivity index (χ0n) is 15.4. The number of amides is 2. The molecule has 28 heavy (non-hydrogen) atoms. The lowest BCUT2D eigenvalue weighted by molar-refractivity contribution is 0.0533. The second-order valence-electron chi connectivity index (χ2n) is 6.74. The van der Waals surface area contributed by atoms with E-state index in [1.807, 2.05) is 53.4 Å². The molecule has 0 radical (unpaired) electrons. The number of hydrogen-bond acceptors (Lipinski definition) is 3. The largest absolute Gasteiger partial charge is 0.507 e. The van der Waals surface area contributed by atoms with E-state index >= 15 is 0 Å². The first-order valence-electron chi connectivity index (χ1n) is 9.23. The smallest absolute Gasteiger partial charge is 0.257 e. The van der Waals surface area contributed by atoms with Crippen molar-refractivity contribution < 1.29 is 14.7 Å². The number of phenolic OH excluding ortho intramolecular Hbond substituents is 1. The number of rotatable bonds is 3. The molecule has 0 saturated carbocycles. The number of aromatic nitrogens is 1. The van der Waals surface area contributed by atoms with Crippen LogP contribution in [0.5, 0.6) is 5.75 Å². The van der Waals surface area contributed by atoms with Crippen LogP contribution in [0.2, 0.25) is 0 Å². The lowest BCUT2D eigenvalue weighted by Crippen LogP contribution is -2.50. The highest BCUT2D eigenvalue weighted by Crippen LogP contribution is 2.19. The van der Waals surface area contributed by atoms with Crippen molar-refractivity contribution in [2.24, 2.45) is 0 Å². The molecule has 1 fully saturated rings. The zero-order valence-corrected chi connectivity index (χ0v) is 15.4. The van der Waals surface area contributed by atoms with Crippen molar-refractivity contribution in [2.45, 2.75) is 0 Å². The van der Waals surface area contributed by atoms with Gasteiger partial charge < -0.3 is 19.5 Å². The van der Waals surface area contributed by atoms with Crippen LogP contribution in [0.3, 0.4) is 0 Å². The third-order valence-corrected chi connectivity index (χ3v) is 5.01. The molecule has 0 atom stereocenters. The maximum Gasteiger partial charge on any atom is 0.257 e. The molecule has 2 heterocycles. The number of nitrogens with zero attached hydrogens (tertiary/aromatic N) is 3. The van der Waals surface area contributed by atoms with Gasteiger partial charge in [-0.3, -0.25) is 9.59 Å². The molecule has 1 aliphatic heterocycles. The van der Waals surface area contributed by atoms with Gasteiger partial charge in [0.15, 0.2) is 0 Å². The van der Waals surface area contributed by atoms with E-state index in [9.17, 15) is 14.7 Å². The molecule has 142 valence electrons. The molecule has 1 saturated heterocycles. The Morgan fingerprint density at radius 2 is 1.29 bits per heavy atom. The number of para-hydroxylation sites is 1. The molecule has 0 aliphatic carbocycles. The normalized spacial score (nSPS) is 14.1. The highest BCUT2D eigenvalue weighted by Gasteiger charge is 2.26. The van der Waals surface area contributed by atoms with Crippen molar-refractivity contribution in [3.63, 3.8) is 0 Å². The van der Waals surface area contributed by atoms with Gasteiger partial charge in [0, 0.05) is 49.8 Å². The van der Waals surface area contributed by atoms with Crippen molar-refractivity contribution in [3.8, 4) is 11.4 Å². The van der Waals surface area contributed by atoms with Gasteiger partial charge in [0.05, 0.1) is 5.56 Å². The van der Waals surface area contributed by atoms with E-state index in [0.717, 1.165) is 5.69 Å². The van der Waals surface area contributed by atoms with Gasteiger partial charge in [0.25, 0.3) is 11.8 Å².